The van der Waals surface area contributed by atoms with E-state index < -0.39 is 5.91 Å². The van der Waals surface area contributed by atoms with E-state index >= 15 is 0 Å². The van der Waals surface area contributed by atoms with Crippen LogP contribution in [0.2, 0.25) is 0 Å². The van der Waals surface area contributed by atoms with Crippen LogP contribution in [0.5, 0.6) is 11.5 Å². The number of carbonyl (C=O) groups is 2. The second kappa shape index (κ2) is 6.40. The van der Waals surface area contributed by atoms with Gasteiger partial charge in [0.2, 0.25) is 6.79 Å². The molecule has 5 rings (SSSR count). The van der Waals surface area contributed by atoms with E-state index in [0.29, 0.717) is 34.5 Å². The summed E-state index contributed by atoms with van der Waals surface area (Å²) in [6.45, 7) is 5.50. The number of nitrogens with one attached hydrogen (secondary N) is 1. The van der Waals surface area contributed by atoms with Crippen molar-refractivity contribution in [1.82, 2.24) is 9.78 Å². The van der Waals surface area contributed by atoms with E-state index in [4.69, 9.17) is 9.47 Å². The van der Waals surface area contributed by atoms with Crippen LogP contribution in [0.25, 0.3) is 0 Å². The van der Waals surface area contributed by atoms with Gasteiger partial charge >= 0.3 is 0 Å². The molecule has 1 aliphatic carbocycles. The van der Waals surface area contributed by atoms with Gasteiger partial charge in [0, 0.05) is 17.5 Å². The average molecular weight is 391 g/mol. The largest absolute Gasteiger partial charge is 0.454 e. The van der Waals surface area contributed by atoms with Crippen molar-refractivity contribution in [2.75, 3.05) is 12.1 Å². The van der Waals surface area contributed by atoms with E-state index in [1.54, 1.807) is 31.2 Å². The van der Waals surface area contributed by atoms with E-state index in [1.165, 1.54) is 4.68 Å². The van der Waals surface area contributed by atoms with E-state index in [0.717, 1.165) is 18.5 Å². The quantitative estimate of drug-likeness (QED) is 0.809. The maximum absolute atomic E-state index is 12.8. The van der Waals surface area contributed by atoms with Gasteiger partial charge in [-0.05, 0) is 38.0 Å². The van der Waals surface area contributed by atoms with Crippen molar-refractivity contribution in [2.24, 2.45) is 9.98 Å². The molecule has 0 unspecified atom stereocenters. The minimum atomic E-state index is -0.469. The fourth-order valence-electron chi connectivity index (χ4n) is 3.10. The molecule has 2 aliphatic heterocycles. The van der Waals surface area contributed by atoms with Crippen LogP contribution in [0.15, 0.2) is 46.4 Å². The minimum Gasteiger partial charge on any atom is -0.454 e. The molecule has 2 aromatic rings. The minimum absolute atomic E-state index is 0.104. The summed E-state index contributed by atoms with van der Waals surface area (Å²) in [4.78, 5) is 33.2. The van der Waals surface area contributed by atoms with Crippen LogP contribution >= 0.6 is 0 Å². The molecule has 0 atom stereocenters. The summed E-state index contributed by atoms with van der Waals surface area (Å²) in [5.74, 6) is 1.15. The molecule has 146 valence electrons. The molecular weight excluding hydrogens is 374 g/mol. The van der Waals surface area contributed by atoms with Gasteiger partial charge in [0.25, 0.3) is 17.8 Å². The van der Waals surface area contributed by atoms with Gasteiger partial charge in [0.05, 0.1) is 17.0 Å². The predicted octanol–water partition coefficient (Wildman–Crippen LogP) is 2.50. The Labute approximate surface area is 165 Å². The van der Waals surface area contributed by atoms with Crippen molar-refractivity contribution in [2.45, 2.75) is 25.7 Å². The van der Waals surface area contributed by atoms with Crippen LogP contribution in [0, 0.1) is 0 Å². The van der Waals surface area contributed by atoms with Gasteiger partial charge in [-0.2, -0.15) is 14.8 Å². The molecule has 0 spiro atoms. The highest BCUT2D eigenvalue weighted by molar-refractivity contribution is 6.28. The van der Waals surface area contributed by atoms with Gasteiger partial charge in [0.15, 0.2) is 11.5 Å². The van der Waals surface area contributed by atoms with Crippen LogP contribution in [-0.2, 0) is 4.79 Å². The third kappa shape index (κ3) is 3.10. The number of carbonyl (C=O) groups excluding carboxylic acids is 2. The molecule has 1 aromatic heterocycles. The number of hydrogen-bond acceptors (Lipinski definition) is 6. The lowest BCUT2D eigenvalue weighted by Gasteiger charge is -2.13. The van der Waals surface area contributed by atoms with E-state index in [1.807, 2.05) is 0 Å². The molecule has 3 aliphatic rings. The molecular formula is C20H17N5O4. The van der Waals surface area contributed by atoms with Crippen molar-refractivity contribution in [3.05, 3.63) is 47.7 Å². The number of rotatable bonds is 3. The monoisotopic (exact) mass is 391 g/mol. The number of nitrogens with zero attached hydrogens (tertiary/aromatic N) is 4. The average Bonchev–Trinajstić information content (AvgIpc) is 3.30. The number of fused-ring (bicyclic) bond motifs is 1. The van der Waals surface area contributed by atoms with Crippen LogP contribution in [-0.4, -0.2) is 40.1 Å². The molecule has 3 heterocycles. The smallest absolute Gasteiger partial charge is 0.281 e. The van der Waals surface area contributed by atoms with Crippen molar-refractivity contribution in [3.8, 4) is 11.5 Å². The summed E-state index contributed by atoms with van der Waals surface area (Å²) in [7, 11) is 0. The van der Waals surface area contributed by atoms with Gasteiger partial charge in [-0.1, -0.05) is 6.58 Å². The normalized spacial score (nSPS) is 17.8. The molecule has 1 N–H and O–H groups in total. The van der Waals surface area contributed by atoms with Crippen molar-refractivity contribution in [1.29, 1.82) is 0 Å². The first-order chi connectivity index (χ1) is 14.0. The number of aromatic nitrogens is 2. The van der Waals surface area contributed by atoms with Crippen molar-refractivity contribution < 1.29 is 19.1 Å². The van der Waals surface area contributed by atoms with Gasteiger partial charge in [0.1, 0.15) is 5.82 Å². The Hall–Kier alpha value is -3.75. The zero-order chi connectivity index (χ0) is 20.1. The first-order valence-corrected chi connectivity index (χ1v) is 9.18. The second-order valence-electron chi connectivity index (χ2n) is 7.06. The number of benzene rings is 1. The highest BCUT2D eigenvalue weighted by atomic mass is 16.7. The first-order valence-electron chi connectivity index (χ1n) is 9.18. The predicted molar refractivity (Wildman–Crippen MR) is 105 cm³/mol. The highest BCUT2D eigenvalue weighted by Crippen LogP contribution is 2.40. The van der Waals surface area contributed by atoms with Crippen LogP contribution < -0.4 is 14.8 Å². The highest BCUT2D eigenvalue weighted by Gasteiger charge is 2.30. The summed E-state index contributed by atoms with van der Waals surface area (Å²) in [5, 5.41) is 7.37. The third-order valence-electron chi connectivity index (χ3n) is 4.95. The molecule has 1 saturated carbocycles. The number of ether oxygens (including phenoxy) is 2. The van der Waals surface area contributed by atoms with E-state index in [9.17, 15) is 9.59 Å². The van der Waals surface area contributed by atoms with Crippen molar-refractivity contribution >= 4 is 29.3 Å². The number of hydrogen-bond donors (Lipinski definition) is 1. The maximum Gasteiger partial charge on any atom is 0.281 e. The maximum atomic E-state index is 12.8. The standard InChI is InChI=1S/C20H17N5O4/c1-10-11(2)21-20(23-18(10)26)25-17(8-14(24-25)12-3-4-12)22-19(27)13-5-6-15-16(7-13)29-9-28-15/h5-8,12H,1,3-4,9H2,2H3,(H,22,27). The lowest BCUT2D eigenvalue weighted by molar-refractivity contribution is -0.113. The molecule has 1 aromatic carbocycles. The zero-order valence-corrected chi connectivity index (χ0v) is 15.6. The topological polar surface area (TPSA) is 107 Å². The van der Waals surface area contributed by atoms with Crippen LogP contribution in [0.1, 0.15) is 41.7 Å². The summed E-state index contributed by atoms with van der Waals surface area (Å²) >= 11 is 0. The lowest BCUT2D eigenvalue weighted by Crippen LogP contribution is -2.25. The third-order valence-corrected chi connectivity index (χ3v) is 4.95. The molecule has 2 amide bonds. The Bertz CT molecular complexity index is 1140. The SMILES string of the molecule is C=C1C(=O)N=C(n2nc(C3CC3)cc2NC(=O)c2ccc3c(c2)OCO3)N=C1C. The Balaban J connectivity index is 1.48. The van der Waals surface area contributed by atoms with Crippen LogP contribution in [0.3, 0.4) is 0 Å². The van der Waals surface area contributed by atoms with E-state index in [2.05, 4.69) is 27.0 Å². The summed E-state index contributed by atoms with van der Waals surface area (Å²) in [6.07, 6.45) is 2.08. The van der Waals surface area contributed by atoms with E-state index in [-0.39, 0.29) is 24.2 Å². The Kier molecular flexibility index (Phi) is 3.83. The Morgan fingerprint density at radius 3 is 2.76 bits per heavy atom. The second-order valence-corrected chi connectivity index (χ2v) is 7.06. The van der Waals surface area contributed by atoms with Gasteiger partial charge in [-0.25, -0.2) is 4.99 Å². The van der Waals surface area contributed by atoms with Crippen LogP contribution in [0.4, 0.5) is 5.82 Å². The van der Waals surface area contributed by atoms with Gasteiger partial charge in [-0.3, -0.25) is 9.59 Å². The molecule has 9 heteroatoms. The molecule has 9 nitrogen and oxygen atoms in total. The molecule has 1 fully saturated rings. The number of aliphatic imine (C=N–C) groups is 2. The Morgan fingerprint density at radius 1 is 1.21 bits per heavy atom. The summed E-state index contributed by atoms with van der Waals surface area (Å²) in [6, 6.07) is 6.75. The molecule has 29 heavy (non-hydrogen) atoms. The fourth-order valence-corrected chi connectivity index (χ4v) is 3.10. The van der Waals surface area contributed by atoms with Gasteiger partial charge in [-0.15, -0.1) is 0 Å². The molecule has 0 radical (unpaired) electrons. The Morgan fingerprint density at radius 2 is 2.00 bits per heavy atom. The zero-order valence-electron chi connectivity index (χ0n) is 15.6. The molecule has 0 bridgehead atoms. The summed E-state index contributed by atoms with van der Waals surface area (Å²) in [5.41, 5.74) is 1.95. The van der Waals surface area contributed by atoms with Crippen molar-refractivity contribution in [3.63, 3.8) is 0 Å². The number of anilines is 1. The number of amides is 2. The van der Waals surface area contributed by atoms with Gasteiger partial charge < -0.3 is 14.8 Å². The molecule has 0 saturated heterocycles. The first kappa shape index (κ1) is 17.4. The summed E-state index contributed by atoms with van der Waals surface area (Å²) < 4.78 is 12.0. The lowest BCUT2D eigenvalue weighted by atomic mass is 10.2. The fraction of sp³-hybridized carbons (Fsp3) is 0.250.